The van der Waals surface area contributed by atoms with Crippen LogP contribution in [0.4, 0.5) is 0 Å². The van der Waals surface area contributed by atoms with Crippen LogP contribution in [-0.4, -0.2) is 4.98 Å². The SMILES string of the molecule is C=C(C#N)c1ccc2[nH]c3ccccc3c2c1. The molecule has 2 nitrogen and oxygen atoms in total. The van der Waals surface area contributed by atoms with E-state index in [9.17, 15) is 0 Å². The molecule has 0 fully saturated rings. The first-order valence-electron chi connectivity index (χ1n) is 5.39. The van der Waals surface area contributed by atoms with Crippen molar-refractivity contribution in [3.8, 4) is 6.07 Å². The molecule has 0 spiro atoms. The molecular weight excluding hydrogens is 208 g/mol. The molecule has 1 heterocycles. The largest absolute Gasteiger partial charge is 0.355 e. The van der Waals surface area contributed by atoms with Gasteiger partial charge in [0.15, 0.2) is 0 Å². The smallest absolute Gasteiger partial charge is 0.0991 e. The second-order valence-corrected chi connectivity index (χ2v) is 4.02. The number of benzene rings is 2. The van der Waals surface area contributed by atoms with Crippen molar-refractivity contribution in [2.45, 2.75) is 0 Å². The third kappa shape index (κ3) is 1.41. The Kier molecular flexibility index (Phi) is 1.99. The highest BCUT2D eigenvalue weighted by atomic mass is 14.7. The Morgan fingerprint density at radius 1 is 1.06 bits per heavy atom. The normalized spacial score (nSPS) is 10.5. The maximum Gasteiger partial charge on any atom is 0.0991 e. The van der Waals surface area contributed by atoms with Gasteiger partial charge in [-0.2, -0.15) is 5.26 Å². The van der Waals surface area contributed by atoms with E-state index < -0.39 is 0 Å². The third-order valence-corrected chi connectivity index (χ3v) is 2.99. The number of aromatic nitrogens is 1. The Bertz CT molecular complexity index is 772. The molecule has 0 saturated carbocycles. The second kappa shape index (κ2) is 3.50. The molecule has 0 amide bonds. The summed E-state index contributed by atoms with van der Waals surface area (Å²) in [6.07, 6.45) is 0. The fourth-order valence-electron chi connectivity index (χ4n) is 2.10. The number of nitrogens with zero attached hydrogens (tertiary/aromatic N) is 1. The first kappa shape index (κ1) is 9.68. The number of nitrogens with one attached hydrogen (secondary N) is 1. The zero-order valence-corrected chi connectivity index (χ0v) is 9.20. The van der Waals surface area contributed by atoms with Crippen molar-refractivity contribution < 1.29 is 0 Å². The average Bonchev–Trinajstić information content (AvgIpc) is 2.75. The van der Waals surface area contributed by atoms with Gasteiger partial charge in [-0.15, -0.1) is 0 Å². The van der Waals surface area contributed by atoms with E-state index in [1.165, 1.54) is 5.39 Å². The molecule has 0 radical (unpaired) electrons. The topological polar surface area (TPSA) is 39.6 Å². The Morgan fingerprint density at radius 3 is 2.65 bits per heavy atom. The monoisotopic (exact) mass is 218 g/mol. The van der Waals surface area contributed by atoms with E-state index in [4.69, 9.17) is 5.26 Å². The first-order chi connectivity index (χ1) is 8.29. The fraction of sp³-hybridized carbons (Fsp3) is 0. The number of aromatic amines is 1. The lowest BCUT2D eigenvalue weighted by Crippen LogP contribution is -1.78. The van der Waals surface area contributed by atoms with Crippen molar-refractivity contribution in [1.29, 1.82) is 5.26 Å². The van der Waals surface area contributed by atoms with Gasteiger partial charge in [0.25, 0.3) is 0 Å². The van der Waals surface area contributed by atoms with Crippen LogP contribution < -0.4 is 0 Å². The van der Waals surface area contributed by atoms with Crippen LogP contribution >= 0.6 is 0 Å². The maximum absolute atomic E-state index is 8.87. The summed E-state index contributed by atoms with van der Waals surface area (Å²) in [5.41, 5.74) is 3.57. The highest BCUT2D eigenvalue weighted by Crippen LogP contribution is 2.27. The zero-order chi connectivity index (χ0) is 11.8. The number of H-pyrrole nitrogens is 1. The summed E-state index contributed by atoms with van der Waals surface area (Å²) in [4.78, 5) is 3.35. The minimum Gasteiger partial charge on any atom is -0.355 e. The van der Waals surface area contributed by atoms with Crippen molar-refractivity contribution in [3.63, 3.8) is 0 Å². The number of hydrogen-bond acceptors (Lipinski definition) is 1. The highest BCUT2D eigenvalue weighted by Gasteiger charge is 2.05. The van der Waals surface area contributed by atoms with Gasteiger partial charge in [0, 0.05) is 21.8 Å². The van der Waals surface area contributed by atoms with Gasteiger partial charge in [-0.25, -0.2) is 0 Å². The van der Waals surface area contributed by atoms with Gasteiger partial charge in [0.1, 0.15) is 0 Å². The molecule has 1 aromatic heterocycles. The second-order valence-electron chi connectivity index (χ2n) is 4.02. The van der Waals surface area contributed by atoms with E-state index in [0.717, 1.165) is 22.0 Å². The summed E-state index contributed by atoms with van der Waals surface area (Å²) < 4.78 is 0. The van der Waals surface area contributed by atoms with E-state index in [0.29, 0.717) is 5.57 Å². The van der Waals surface area contributed by atoms with Crippen LogP contribution in [0, 0.1) is 11.3 Å². The average molecular weight is 218 g/mol. The molecule has 0 atom stereocenters. The van der Waals surface area contributed by atoms with Crippen molar-refractivity contribution in [3.05, 3.63) is 54.6 Å². The van der Waals surface area contributed by atoms with Gasteiger partial charge in [-0.05, 0) is 23.8 Å². The fourth-order valence-corrected chi connectivity index (χ4v) is 2.10. The number of rotatable bonds is 1. The molecule has 0 saturated heterocycles. The number of allylic oxidation sites excluding steroid dienone is 1. The minimum absolute atomic E-state index is 0.497. The highest BCUT2D eigenvalue weighted by molar-refractivity contribution is 6.08. The maximum atomic E-state index is 8.87. The van der Waals surface area contributed by atoms with Gasteiger partial charge >= 0.3 is 0 Å². The summed E-state index contributed by atoms with van der Waals surface area (Å²) in [7, 11) is 0. The molecule has 3 rings (SSSR count). The molecule has 3 aromatic rings. The number of para-hydroxylation sites is 1. The van der Waals surface area contributed by atoms with Gasteiger partial charge in [-0.1, -0.05) is 30.8 Å². The molecule has 0 aliphatic rings. The molecule has 80 valence electrons. The predicted octanol–water partition coefficient (Wildman–Crippen LogP) is 3.86. The van der Waals surface area contributed by atoms with Gasteiger partial charge in [0.05, 0.1) is 11.6 Å². The van der Waals surface area contributed by atoms with Crippen molar-refractivity contribution in [2.75, 3.05) is 0 Å². The molecule has 2 aromatic carbocycles. The lowest BCUT2D eigenvalue weighted by atomic mass is 10.0. The van der Waals surface area contributed by atoms with Crippen molar-refractivity contribution in [2.24, 2.45) is 0 Å². The summed E-state index contributed by atoms with van der Waals surface area (Å²) in [5, 5.41) is 11.2. The summed E-state index contributed by atoms with van der Waals surface area (Å²) in [6.45, 7) is 3.74. The van der Waals surface area contributed by atoms with Crippen molar-refractivity contribution in [1.82, 2.24) is 4.98 Å². The van der Waals surface area contributed by atoms with Gasteiger partial charge in [-0.3, -0.25) is 0 Å². The van der Waals surface area contributed by atoms with Gasteiger partial charge < -0.3 is 4.98 Å². The summed E-state index contributed by atoms with van der Waals surface area (Å²) >= 11 is 0. The lowest BCUT2D eigenvalue weighted by Gasteiger charge is -1.97. The van der Waals surface area contributed by atoms with E-state index in [2.05, 4.69) is 23.7 Å². The molecule has 1 N–H and O–H groups in total. The summed E-state index contributed by atoms with van der Waals surface area (Å²) in [5.74, 6) is 0. The zero-order valence-electron chi connectivity index (χ0n) is 9.20. The Labute approximate surface area is 98.8 Å². The molecule has 0 aliphatic heterocycles. The molecule has 0 aliphatic carbocycles. The van der Waals surface area contributed by atoms with Crippen LogP contribution in [0.5, 0.6) is 0 Å². The quantitative estimate of drug-likeness (QED) is 0.619. The minimum atomic E-state index is 0.497. The van der Waals surface area contributed by atoms with Crippen LogP contribution in [0.3, 0.4) is 0 Å². The van der Waals surface area contributed by atoms with Crippen LogP contribution in [0.2, 0.25) is 0 Å². The molecule has 17 heavy (non-hydrogen) atoms. The van der Waals surface area contributed by atoms with Gasteiger partial charge in [0.2, 0.25) is 0 Å². The Hall–Kier alpha value is -2.53. The van der Waals surface area contributed by atoms with Crippen LogP contribution in [0.1, 0.15) is 5.56 Å². The molecule has 2 heteroatoms. The van der Waals surface area contributed by atoms with E-state index in [1.54, 1.807) is 0 Å². The van der Waals surface area contributed by atoms with E-state index in [1.807, 2.05) is 36.4 Å². The Morgan fingerprint density at radius 2 is 1.82 bits per heavy atom. The molecular formula is C15H10N2. The Balaban J connectivity index is 2.38. The first-order valence-corrected chi connectivity index (χ1v) is 5.39. The molecule has 0 unspecified atom stereocenters. The summed E-state index contributed by atoms with van der Waals surface area (Å²) in [6, 6.07) is 16.2. The standard InChI is InChI=1S/C15H10N2/c1-10(9-16)11-6-7-15-13(8-11)12-4-2-3-5-14(12)17-15/h2-8,17H,1H2. The van der Waals surface area contributed by atoms with E-state index >= 15 is 0 Å². The lowest BCUT2D eigenvalue weighted by molar-refractivity contribution is 1.52. The number of fused-ring (bicyclic) bond motifs is 3. The predicted molar refractivity (Wildman–Crippen MR) is 70.5 cm³/mol. The van der Waals surface area contributed by atoms with E-state index in [-0.39, 0.29) is 0 Å². The molecule has 0 bridgehead atoms. The third-order valence-electron chi connectivity index (χ3n) is 2.99. The van der Waals surface area contributed by atoms with Crippen LogP contribution in [-0.2, 0) is 0 Å². The number of nitriles is 1. The van der Waals surface area contributed by atoms with Crippen molar-refractivity contribution >= 4 is 27.4 Å². The van der Waals surface area contributed by atoms with Crippen LogP contribution in [0.25, 0.3) is 27.4 Å². The van der Waals surface area contributed by atoms with Crippen LogP contribution in [0.15, 0.2) is 49.0 Å². The number of hydrogen-bond donors (Lipinski definition) is 1.